The third kappa shape index (κ3) is 1.93. The Bertz CT molecular complexity index is 496. The molecule has 1 aliphatic carbocycles. The van der Waals surface area contributed by atoms with Crippen LogP contribution in [0, 0.1) is 0 Å². The van der Waals surface area contributed by atoms with E-state index in [4.69, 9.17) is 9.47 Å². The molecule has 4 nitrogen and oxygen atoms in total. The Morgan fingerprint density at radius 3 is 2.35 bits per heavy atom. The Kier molecular flexibility index (Phi) is 3.16. The molecule has 1 aromatic rings. The summed E-state index contributed by atoms with van der Waals surface area (Å²) < 4.78 is 21.8. The summed E-state index contributed by atoms with van der Waals surface area (Å²) >= 11 is 0. The van der Waals surface area contributed by atoms with Gasteiger partial charge in [0.2, 0.25) is 11.4 Å². The molecule has 2 rings (SSSR count). The maximum absolute atomic E-state index is 12.0. The third-order valence-electron chi connectivity index (χ3n) is 3.03. The summed E-state index contributed by atoms with van der Waals surface area (Å²) in [6, 6.07) is 3.47. The number of fused-ring (bicyclic) bond motifs is 1. The summed E-state index contributed by atoms with van der Waals surface area (Å²) in [7, 11) is 1.59. The number of ketones is 1. The molecule has 0 spiro atoms. The van der Waals surface area contributed by atoms with Crippen molar-refractivity contribution in [3.63, 3.8) is 0 Å². The summed E-state index contributed by atoms with van der Waals surface area (Å²) in [5, 5.41) is 0. The molecule has 90 valence electrons. The fraction of sp³-hybridized carbons (Fsp3) is 0.417. The smallest absolute Gasteiger partial charge is 0.347 e. The van der Waals surface area contributed by atoms with Gasteiger partial charge in [-0.15, -0.1) is 0 Å². The zero-order valence-electron chi connectivity index (χ0n) is 10.0. The average molecular weight is 253 g/mol. The van der Waals surface area contributed by atoms with Crippen LogP contribution in [-0.4, -0.2) is 32.3 Å². The molecular formula is C12H14O4P+. The molecule has 0 saturated heterocycles. The van der Waals surface area contributed by atoms with Crippen molar-refractivity contribution < 1.29 is 18.8 Å². The largest absolute Gasteiger partial charge is 0.493 e. The number of Topliss-reactive ketones (excluding diaryl/α,β-unsaturated/α-hetero) is 1. The molecular weight excluding hydrogens is 239 g/mol. The highest BCUT2D eigenvalue weighted by Gasteiger charge is 2.42. The summed E-state index contributed by atoms with van der Waals surface area (Å²) in [5.74, 6) is 1.09. The molecule has 0 radical (unpaired) electrons. The molecule has 0 amide bonds. The molecule has 0 aliphatic heterocycles. The van der Waals surface area contributed by atoms with Gasteiger partial charge in [-0.1, -0.05) is 4.57 Å². The number of ether oxygens (including phenoxy) is 2. The molecule has 0 saturated carbocycles. The van der Waals surface area contributed by atoms with E-state index in [0.717, 1.165) is 5.56 Å². The van der Waals surface area contributed by atoms with Gasteiger partial charge in [-0.05, 0) is 17.7 Å². The van der Waals surface area contributed by atoms with Crippen LogP contribution in [0.25, 0.3) is 0 Å². The van der Waals surface area contributed by atoms with Gasteiger partial charge < -0.3 is 9.47 Å². The summed E-state index contributed by atoms with van der Waals surface area (Å²) in [5.41, 5.74) is 1.11. The van der Waals surface area contributed by atoms with Gasteiger partial charge in [0, 0.05) is 12.0 Å². The normalized spacial score (nSPS) is 18.9. The average Bonchev–Trinajstić information content (AvgIpc) is 2.64. The molecule has 17 heavy (non-hydrogen) atoms. The first-order valence-corrected chi connectivity index (χ1v) is 7.05. The lowest BCUT2D eigenvalue weighted by atomic mass is 10.1. The quantitative estimate of drug-likeness (QED) is 0.775. The van der Waals surface area contributed by atoms with Crippen molar-refractivity contribution in [1.82, 2.24) is 0 Å². The predicted octanol–water partition coefficient (Wildman–Crippen LogP) is 2.27. The zero-order valence-corrected chi connectivity index (χ0v) is 10.9. The second-order valence-electron chi connectivity index (χ2n) is 3.99. The molecule has 0 aromatic heterocycles. The van der Waals surface area contributed by atoms with Gasteiger partial charge in [-0.3, -0.25) is 4.79 Å². The number of carbonyl (C=O) groups excluding carboxylic acids is 1. The van der Waals surface area contributed by atoms with Gasteiger partial charge in [0.1, 0.15) is 6.66 Å². The van der Waals surface area contributed by atoms with E-state index in [1.807, 2.05) is 0 Å². The third-order valence-corrected chi connectivity index (χ3v) is 4.32. The van der Waals surface area contributed by atoms with E-state index >= 15 is 0 Å². The van der Waals surface area contributed by atoms with Crippen LogP contribution in [-0.2, 0) is 11.0 Å². The fourth-order valence-electron chi connectivity index (χ4n) is 2.09. The van der Waals surface area contributed by atoms with Crippen LogP contribution >= 0.6 is 7.80 Å². The van der Waals surface area contributed by atoms with E-state index in [-0.39, 0.29) is 5.78 Å². The Labute approximate surface area is 101 Å². The first-order chi connectivity index (χ1) is 8.08. The summed E-state index contributed by atoms with van der Waals surface area (Å²) in [6.45, 7) is 1.60. The lowest BCUT2D eigenvalue weighted by Crippen LogP contribution is -2.10. The van der Waals surface area contributed by atoms with Crippen LogP contribution in [0.4, 0.5) is 0 Å². The number of rotatable bonds is 3. The monoisotopic (exact) mass is 253 g/mol. The number of hydrogen-bond acceptors (Lipinski definition) is 4. The molecule has 2 unspecified atom stereocenters. The molecule has 0 heterocycles. The van der Waals surface area contributed by atoms with Crippen molar-refractivity contribution in [2.45, 2.75) is 12.1 Å². The Balaban J connectivity index is 2.49. The molecule has 5 heteroatoms. The van der Waals surface area contributed by atoms with Crippen molar-refractivity contribution in [2.24, 2.45) is 0 Å². The lowest BCUT2D eigenvalue weighted by Gasteiger charge is -2.08. The van der Waals surface area contributed by atoms with Crippen LogP contribution in [0.2, 0.25) is 0 Å². The maximum atomic E-state index is 12.0. The van der Waals surface area contributed by atoms with Crippen LogP contribution in [0.1, 0.15) is 15.9 Å². The second kappa shape index (κ2) is 4.46. The van der Waals surface area contributed by atoms with Crippen LogP contribution < -0.4 is 9.47 Å². The lowest BCUT2D eigenvalue weighted by molar-refractivity contribution is 0.0998. The van der Waals surface area contributed by atoms with Crippen molar-refractivity contribution in [3.8, 4) is 11.5 Å². The van der Waals surface area contributed by atoms with E-state index in [0.29, 0.717) is 23.5 Å². The molecule has 0 fully saturated rings. The standard InChI is InChI=1S/C12H14O4P/c1-15-9-4-7-5-11(17(3)14)12(13)8(7)6-10(9)16-2/h4,6,11H,5H2,1-3H3/q+1. The van der Waals surface area contributed by atoms with Gasteiger partial charge in [0.05, 0.1) is 14.2 Å². The minimum absolute atomic E-state index is 0.0513. The van der Waals surface area contributed by atoms with Gasteiger partial charge in [0.15, 0.2) is 11.5 Å². The Morgan fingerprint density at radius 2 is 1.82 bits per heavy atom. The minimum Gasteiger partial charge on any atom is -0.493 e. The van der Waals surface area contributed by atoms with Gasteiger partial charge in [-0.2, -0.15) is 0 Å². The SMILES string of the molecule is COc1cc2c(cc1OC)C(=O)C([P+](C)=O)C2. The van der Waals surface area contributed by atoms with Crippen molar-refractivity contribution in [1.29, 1.82) is 0 Å². The fourth-order valence-corrected chi connectivity index (χ4v) is 3.02. The number of carbonyl (C=O) groups is 1. The van der Waals surface area contributed by atoms with Gasteiger partial charge >= 0.3 is 7.80 Å². The van der Waals surface area contributed by atoms with Crippen molar-refractivity contribution in [3.05, 3.63) is 23.3 Å². The molecule has 1 aromatic carbocycles. The Morgan fingerprint density at radius 1 is 1.24 bits per heavy atom. The van der Waals surface area contributed by atoms with Crippen molar-refractivity contribution in [2.75, 3.05) is 20.9 Å². The zero-order chi connectivity index (χ0) is 12.6. The van der Waals surface area contributed by atoms with Gasteiger partial charge in [0.25, 0.3) is 0 Å². The van der Waals surface area contributed by atoms with E-state index in [9.17, 15) is 9.36 Å². The second-order valence-corrected chi connectivity index (χ2v) is 5.71. The van der Waals surface area contributed by atoms with E-state index in [2.05, 4.69) is 0 Å². The minimum atomic E-state index is -1.50. The van der Waals surface area contributed by atoms with E-state index in [1.54, 1.807) is 25.9 Å². The predicted molar refractivity (Wildman–Crippen MR) is 64.9 cm³/mol. The van der Waals surface area contributed by atoms with Crippen LogP contribution in [0.5, 0.6) is 11.5 Å². The first kappa shape index (κ1) is 12.1. The number of benzene rings is 1. The summed E-state index contributed by atoms with van der Waals surface area (Å²) in [4.78, 5) is 12.0. The highest BCUT2D eigenvalue weighted by molar-refractivity contribution is 7.46. The number of methoxy groups -OCH3 is 2. The molecule has 0 N–H and O–H groups in total. The van der Waals surface area contributed by atoms with Crippen LogP contribution in [0.3, 0.4) is 0 Å². The molecule has 1 aliphatic rings. The van der Waals surface area contributed by atoms with E-state index in [1.165, 1.54) is 7.11 Å². The van der Waals surface area contributed by atoms with E-state index < -0.39 is 13.5 Å². The van der Waals surface area contributed by atoms with Crippen molar-refractivity contribution >= 4 is 13.6 Å². The highest BCUT2D eigenvalue weighted by Crippen LogP contribution is 2.40. The first-order valence-electron chi connectivity index (χ1n) is 5.27. The number of hydrogen-bond donors (Lipinski definition) is 0. The molecule has 0 bridgehead atoms. The topological polar surface area (TPSA) is 52.6 Å². The highest BCUT2D eigenvalue weighted by atomic mass is 31.1. The van der Waals surface area contributed by atoms with Gasteiger partial charge in [-0.25, -0.2) is 0 Å². The maximum Gasteiger partial charge on any atom is 0.347 e. The molecule has 2 atom stereocenters. The van der Waals surface area contributed by atoms with Crippen LogP contribution in [0.15, 0.2) is 12.1 Å². The summed E-state index contributed by atoms with van der Waals surface area (Å²) in [6.07, 6.45) is 0.528. The Hall–Kier alpha value is -1.41.